The molecule has 0 aliphatic carbocycles. The molecule has 1 aromatic carbocycles. The first-order valence-electron chi connectivity index (χ1n) is 7.86. The molecular weight excluding hydrogens is 312 g/mol. The topological polar surface area (TPSA) is 84.0 Å². The van der Waals surface area contributed by atoms with Crippen molar-refractivity contribution in [3.05, 3.63) is 35.4 Å². The molecule has 3 rings (SSSR count). The summed E-state index contributed by atoms with van der Waals surface area (Å²) in [5.41, 5.74) is 0.415. The number of amides is 3. The average Bonchev–Trinajstić information content (AvgIpc) is 3.01. The number of carbonyl (C=O) groups excluding carboxylic acids is 4. The third-order valence-corrected chi connectivity index (χ3v) is 4.07. The Morgan fingerprint density at radius 3 is 2.29 bits per heavy atom. The van der Waals surface area contributed by atoms with Gasteiger partial charge in [0.25, 0.3) is 11.8 Å². The fourth-order valence-electron chi connectivity index (χ4n) is 2.96. The molecule has 0 radical (unpaired) electrons. The maximum Gasteiger partial charge on any atom is 0.338 e. The molecule has 0 aromatic heterocycles. The maximum absolute atomic E-state index is 12.3. The van der Waals surface area contributed by atoms with E-state index in [2.05, 4.69) is 0 Å². The van der Waals surface area contributed by atoms with Crippen molar-refractivity contribution in [1.29, 1.82) is 0 Å². The van der Waals surface area contributed by atoms with Crippen molar-refractivity contribution in [3.8, 4) is 0 Å². The zero-order valence-electron chi connectivity index (χ0n) is 13.5. The molecule has 3 amide bonds. The number of benzene rings is 1. The van der Waals surface area contributed by atoms with E-state index < -0.39 is 23.7 Å². The Bertz CT molecular complexity index is 692. The molecule has 2 heterocycles. The lowest BCUT2D eigenvalue weighted by Gasteiger charge is -2.19. The number of imide groups is 1. The third-order valence-electron chi connectivity index (χ3n) is 4.07. The molecule has 2 aliphatic heterocycles. The van der Waals surface area contributed by atoms with Crippen LogP contribution in [-0.4, -0.2) is 46.7 Å². The first-order valence-corrected chi connectivity index (χ1v) is 7.86. The molecule has 2 aliphatic rings. The normalized spacial score (nSPS) is 20.1. The summed E-state index contributed by atoms with van der Waals surface area (Å²) in [6, 6.07) is 6.28. The van der Waals surface area contributed by atoms with Gasteiger partial charge in [-0.05, 0) is 18.1 Å². The molecule has 7 nitrogen and oxygen atoms in total. The van der Waals surface area contributed by atoms with Crippen LogP contribution < -0.4 is 0 Å². The molecule has 1 atom stereocenters. The molecule has 126 valence electrons. The van der Waals surface area contributed by atoms with Crippen LogP contribution in [0.3, 0.4) is 0 Å². The van der Waals surface area contributed by atoms with Crippen molar-refractivity contribution in [1.82, 2.24) is 9.96 Å². The van der Waals surface area contributed by atoms with Crippen LogP contribution in [0.15, 0.2) is 24.3 Å². The van der Waals surface area contributed by atoms with Crippen molar-refractivity contribution in [2.24, 2.45) is 11.8 Å². The standard InChI is InChI=1S/C17H18N2O5/c1-10(2)8-18-9-11(7-14(18)20)17(23)24-19-15(21)12-5-3-4-6-13(12)16(19)22/h3-6,10-11H,7-9H2,1-2H3. The van der Waals surface area contributed by atoms with Gasteiger partial charge in [0.15, 0.2) is 0 Å². The highest BCUT2D eigenvalue weighted by molar-refractivity contribution is 6.20. The van der Waals surface area contributed by atoms with Gasteiger partial charge < -0.3 is 9.74 Å². The minimum absolute atomic E-state index is 0.0364. The molecule has 0 saturated carbocycles. The minimum Gasteiger partial charge on any atom is -0.342 e. The van der Waals surface area contributed by atoms with Crippen LogP contribution in [0.4, 0.5) is 0 Å². The number of hydrogen-bond donors (Lipinski definition) is 0. The third kappa shape index (κ3) is 2.77. The molecule has 0 N–H and O–H groups in total. The van der Waals surface area contributed by atoms with E-state index in [1.807, 2.05) is 13.8 Å². The van der Waals surface area contributed by atoms with Crippen molar-refractivity contribution in [3.63, 3.8) is 0 Å². The van der Waals surface area contributed by atoms with Crippen molar-refractivity contribution in [2.45, 2.75) is 20.3 Å². The van der Waals surface area contributed by atoms with Crippen LogP contribution in [0, 0.1) is 11.8 Å². The van der Waals surface area contributed by atoms with Crippen molar-refractivity contribution >= 4 is 23.7 Å². The van der Waals surface area contributed by atoms with Gasteiger partial charge >= 0.3 is 5.97 Å². The van der Waals surface area contributed by atoms with Gasteiger partial charge in [0.2, 0.25) is 5.91 Å². The van der Waals surface area contributed by atoms with Crippen LogP contribution in [-0.2, 0) is 14.4 Å². The average molecular weight is 330 g/mol. The minimum atomic E-state index is -0.732. The quantitative estimate of drug-likeness (QED) is 0.776. The lowest BCUT2D eigenvalue weighted by Crippen LogP contribution is -2.36. The predicted octanol–water partition coefficient (Wildman–Crippen LogP) is 1.25. The van der Waals surface area contributed by atoms with Crippen LogP contribution >= 0.6 is 0 Å². The summed E-state index contributed by atoms with van der Waals surface area (Å²) in [5.74, 6) is -2.54. The smallest absolute Gasteiger partial charge is 0.338 e. The number of fused-ring (bicyclic) bond motifs is 1. The van der Waals surface area contributed by atoms with Gasteiger partial charge in [-0.3, -0.25) is 14.4 Å². The number of likely N-dealkylation sites (tertiary alicyclic amines) is 1. The monoisotopic (exact) mass is 330 g/mol. The summed E-state index contributed by atoms with van der Waals surface area (Å²) in [7, 11) is 0. The van der Waals surface area contributed by atoms with Crippen LogP contribution in [0.2, 0.25) is 0 Å². The SMILES string of the molecule is CC(C)CN1CC(C(=O)ON2C(=O)c3ccccc3C2=O)CC1=O. The lowest BCUT2D eigenvalue weighted by atomic mass is 10.1. The van der Waals surface area contributed by atoms with Gasteiger partial charge in [-0.1, -0.05) is 31.0 Å². The second kappa shape index (κ2) is 6.07. The molecule has 0 spiro atoms. The van der Waals surface area contributed by atoms with E-state index in [0.717, 1.165) is 0 Å². The van der Waals surface area contributed by atoms with Crippen molar-refractivity contribution < 1.29 is 24.0 Å². The molecular formula is C17H18N2O5. The summed E-state index contributed by atoms with van der Waals surface area (Å²) in [6.45, 7) is 4.78. The van der Waals surface area contributed by atoms with Gasteiger partial charge in [0.1, 0.15) is 0 Å². The van der Waals surface area contributed by atoms with Crippen LogP contribution in [0.5, 0.6) is 0 Å². The number of rotatable bonds is 4. The molecule has 7 heteroatoms. The Morgan fingerprint density at radius 2 is 1.75 bits per heavy atom. The van der Waals surface area contributed by atoms with Crippen LogP contribution in [0.25, 0.3) is 0 Å². The zero-order chi connectivity index (χ0) is 17.4. The zero-order valence-corrected chi connectivity index (χ0v) is 13.5. The van der Waals surface area contributed by atoms with Gasteiger partial charge in [-0.2, -0.15) is 0 Å². The number of carbonyl (C=O) groups is 4. The highest BCUT2D eigenvalue weighted by Gasteiger charge is 2.42. The van der Waals surface area contributed by atoms with E-state index in [1.165, 1.54) is 12.1 Å². The summed E-state index contributed by atoms with van der Waals surface area (Å²) in [6.07, 6.45) is 0.0364. The lowest BCUT2D eigenvalue weighted by molar-refractivity contribution is -0.173. The fourth-order valence-corrected chi connectivity index (χ4v) is 2.96. The highest BCUT2D eigenvalue weighted by Crippen LogP contribution is 2.25. The Labute approximate surface area is 139 Å². The van der Waals surface area contributed by atoms with E-state index in [4.69, 9.17) is 4.84 Å². The highest BCUT2D eigenvalue weighted by atomic mass is 16.7. The largest absolute Gasteiger partial charge is 0.342 e. The first-order chi connectivity index (χ1) is 11.4. The fraction of sp³-hybridized carbons (Fsp3) is 0.412. The van der Waals surface area contributed by atoms with Crippen LogP contribution in [0.1, 0.15) is 41.0 Å². The number of hydroxylamine groups is 2. The summed E-state index contributed by atoms with van der Waals surface area (Å²) >= 11 is 0. The van der Waals surface area contributed by atoms with E-state index in [1.54, 1.807) is 17.0 Å². The maximum atomic E-state index is 12.3. The Hall–Kier alpha value is -2.70. The predicted molar refractivity (Wildman–Crippen MR) is 82.6 cm³/mol. The molecule has 1 fully saturated rings. The van der Waals surface area contributed by atoms with E-state index >= 15 is 0 Å². The van der Waals surface area contributed by atoms with Crippen molar-refractivity contribution in [2.75, 3.05) is 13.1 Å². The Morgan fingerprint density at radius 1 is 1.17 bits per heavy atom. The molecule has 1 aromatic rings. The van der Waals surface area contributed by atoms with E-state index in [-0.39, 0.29) is 30.0 Å². The summed E-state index contributed by atoms with van der Waals surface area (Å²) in [4.78, 5) is 55.2. The Kier molecular flexibility index (Phi) is 4.09. The second-order valence-electron chi connectivity index (χ2n) is 6.45. The molecule has 1 unspecified atom stereocenters. The Balaban J connectivity index is 1.67. The second-order valence-corrected chi connectivity index (χ2v) is 6.45. The van der Waals surface area contributed by atoms with Gasteiger partial charge in [-0.15, -0.1) is 0 Å². The summed E-state index contributed by atoms with van der Waals surface area (Å²) < 4.78 is 0. The van der Waals surface area contributed by atoms with Gasteiger partial charge in [0, 0.05) is 19.5 Å². The molecule has 0 bridgehead atoms. The molecule has 24 heavy (non-hydrogen) atoms. The van der Waals surface area contributed by atoms with Gasteiger partial charge in [0.05, 0.1) is 17.0 Å². The number of hydrogen-bond acceptors (Lipinski definition) is 5. The first kappa shape index (κ1) is 16.2. The van der Waals surface area contributed by atoms with Gasteiger partial charge in [-0.25, -0.2) is 4.79 Å². The van der Waals surface area contributed by atoms with E-state index in [9.17, 15) is 19.2 Å². The number of nitrogens with zero attached hydrogens (tertiary/aromatic N) is 2. The molecule has 1 saturated heterocycles. The van der Waals surface area contributed by atoms with E-state index in [0.29, 0.717) is 17.5 Å². The summed E-state index contributed by atoms with van der Waals surface area (Å²) in [5, 5.41) is 0.489.